The molecular formula is C18H19Cl2N. The summed E-state index contributed by atoms with van der Waals surface area (Å²) in [6.07, 6.45) is 4.69. The molecule has 1 aliphatic rings. The summed E-state index contributed by atoms with van der Waals surface area (Å²) in [6.45, 7) is 0. The molecule has 1 fully saturated rings. The number of benzene rings is 2. The van der Waals surface area contributed by atoms with E-state index in [9.17, 15) is 0 Å². The smallest absolute Gasteiger partial charge is 0.0453 e. The van der Waals surface area contributed by atoms with Gasteiger partial charge in [0.05, 0.1) is 0 Å². The van der Waals surface area contributed by atoms with Gasteiger partial charge in [-0.2, -0.15) is 0 Å². The number of hydrogen-bond donors (Lipinski definition) is 1. The summed E-state index contributed by atoms with van der Waals surface area (Å²) in [4.78, 5) is 0. The van der Waals surface area contributed by atoms with Crippen LogP contribution in [0.4, 0.5) is 0 Å². The Labute approximate surface area is 136 Å². The number of nitrogens with two attached hydrogens (primary N) is 1. The minimum absolute atomic E-state index is 0.0382. The number of halogens is 2. The molecule has 0 amide bonds. The van der Waals surface area contributed by atoms with Crippen molar-refractivity contribution in [1.82, 2.24) is 0 Å². The molecule has 0 bridgehead atoms. The van der Waals surface area contributed by atoms with Gasteiger partial charge in [0.2, 0.25) is 0 Å². The molecule has 3 heteroatoms. The lowest BCUT2D eigenvalue weighted by Crippen LogP contribution is -2.15. The third kappa shape index (κ3) is 3.42. The Kier molecular flexibility index (Phi) is 4.54. The Morgan fingerprint density at radius 1 is 1.10 bits per heavy atom. The highest BCUT2D eigenvalue weighted by Crippen LogP contribution is 2.37. The van der Waals surface area contributed by atoms with Gasteiger partial charge in [-0.3, -0.25) is 0 Å². The quantitative estimate of drug-likeness (QED) is 0.790. The van der Waals surface area contributed by atoms with Gasteiger partial charge in [0.15, 0.2) is 0 Å². The molecule has 0 radical (unpaired) electrons. The van der Waals surface area contributed by atoms with Crippen LogP contribution in [0.2, 0.25) is 10.0 Å². The van der Waals surface area contributed by atoms with Crippen molar-refractivity contribution in [2.24, 2.45) is 5.73 Å². The molecule has 0 spiro atoms. The van der Waals surface area contributed by atoms with Crippen molar-refractivity contribution in [3.8, 4) is 0 Å². The van der Waals surface area contributed by atoms with Crippen molar-refractivity contribution in [2.75, 3.05) is 0 Å². The van der Waals surface area contributed by atoms with Crippen LogP contribution in [0, 0.1) is 0 Å². The predicted octanol–water partition coefficient (Wildman–Crippen LogP) is 5.50. The first-order valence-electron chi connectivity index (χ1n) is 7.43. The highest BCUT2D eigenvalue weighted by molar-refractivity contribution is 6.35. The van der Waals surface area contributed by atoms with Gasteiger partial charge in [-0.1, -0.05) is 60.0 Å². The minimum Gasteiger partial charge on any atom is -0.324 e. The Morgan fingerprint density at radius 2 is 1.90 bits per heavy atom. The number of rotatable bonds is 4. The van der Waals surface area contributed by atoms with Crippen LogP contribution in [0.25, 0.3) is 0 Å². The molecule has 1 aliphatic carbocycles. The van der Waals surface area contributed by atoms with Gasteiger partial charge in [-0.05, 0) is 54.0 Å². The average Bonchev–Trinajstić information content (AvgIpc) is 2.40. The van der Waals surface area contributed by atoms with E-state index in [1.54, 1.807) is 6.07 Å². The monoisotopic (exact) mass is 319 g/mol. The second-order valence-corrected chi connectivity index (χ2v) is 6.69. The normalized spacial score (nSPS) is 16.5. The van der Waals surface area contributed by atoms with E-state index in [-0.39, 0.29) is 6.04 Å². The van der Waals surface area contributed by atoms with E-state index >= 15 is 0 Å². The largest absolute Gasteiger partial charge is 0.324 e. The van der Waals surface area contributed by atoms with Crippen molar-refractivity contribution in [3.05, 3.63) is 69.2 Å². The zero-order valence-corrected chi connectivity index (χ0v) is 13.4. The fraction of sp³-hybridized carbons (Fsp3) is 0.333. The summed E-state index contributed by atoms with van der Waals surface area (Å²) < 4.78 is 0. The lowest BCUT2D eigenvalue weighted by molar-refractivity contribution is 0.419. The van der Waals surface area contributed by atoms with E-state index in [0.29, 0.717) is 10.0 Å². The first-order valence-corrected chi connectivity index (χ1v) is 8.18. The summed E-state index contributed by atoms with van der Waals surface area (Å²) in [5.41, 5.74) is 10.0. The first kappa shape index (κ1) is 14.9. The van der Waals surface area contributed by atoms with Crippen LogP contribution in [0.1, 0.15) is 47.9 Å². The van der Waals surface area contributed by atoms with Crippen LogP contribution >= 0.6 is 23.2 Å². The Bertz CT molecular complexity index is 635. The van der Waals surface area contributed by atoms with E-state index in [1.807, 2.05) is 12.1 Å². The standard InChI is InChI=1S/C18H19Cl2N/c19-16-8-7-14(17(20)11-16)10-18(21)15-6-2-5-13(9-15)12-3-1-4-12/h2,5-9,11-12,18H,1,3-4,10,21H2. The molecular weight excluding hydrogens is 301 g/mol. The average molecular weight is 320 g/mol. The van der Waals surface area contributed by atoms with Crippen LogP contribution in [0.15, 0.2) is 42.5 Å². The van der Waals surface area contributed by atoms with Gasteiger partial charge in [0.1, 0.15) is 0 Å². The second kappa shape index (κ2) is 6.39. The topological polar surface area (TPSA) is 26.0 Å². The maximum atomic E-state index is 6.37. The van der Waals surface area contributed by atoms with Crippen LogP contribution in [0.5, 0.6) is 0 Å². The lowest BCUT2D eigenvalue weighted by Gasteiger charge is -2.26. The predicted molar refractivity (Wildman–Crippen MR) is 90.1 cm³/mol. The fourth-order valence-electron chi connectivity index (χ4n) is 2.83. The van der Waals surface area contributed by atoms with Crippen molar-refractivity contribution < 1.29 is 0 Å². The molecule has 0 aliphatic heterocycles. The van der Waals surface area contributed by atoms with Crippen molar-refractivity contribution in [2.45, 2.75) is 37.6 Å². The molecule has 2 aromatic carbocycles. The van der Waals surface area contributed by atoms with E-state index in [1.165, 1.54) is 30.4 Å². The van der Waals surface area contributed by atoms with Crippen LogP contribution in [-0.2, 0) is 6.42 Å². The Morgan fingerprint density at radius 3 is 2.57 bits per heavy atom. The molecule has 0 heterocycles. The summed E-state index contributed by atoms with van der Waals surface area (Å²) in [5.74, 6) is 0.733. The van der Waals surface area contributed by atoms with Gasteiger partial charge in [0, 0.05) is 16.1 Å². The van der Waals surface area contributed by atoms with Crippen LogP contribution in [0.3, 0.4) is 0 Å². The number of hydrogen-bond acceptors (Lipinski definition) is 1. The van der Waals surface area contributed by atoms with E-state index in [2.05, 4.69) is 24.3 Å². The van der Waals surface area contributed by atoms with Crippen molar-refractivity contribution in [3.63, 3.8) is 0 Å². The zero-order chi connectivity index (χ0) is 14.8. The van der Waals surface area contributed by atoms with Gasteiger partial charge in [0.25, 0.3) is 0 Å². The molecule has 0 aromatic heterocycles. The lowest BCUT2D eigenvalue weighted by atomic mass is 9.79. The molecule has 1 unspecified atom stereocenters. The van der Waals surface area contributed by atoms with Gasteiger partial charge in [-0.25, -0.2) is 0 Å². The summed E-state index contributed by atoms with van der Waals surface area (Å²) >= 11 is 12.2. The third-order valence-electron chi connectivity index (χ3n) is 4.37. The molecule has 3 rings (SSSR count). The van der Waals surface area contributed by atoms with E-state index in [0.717, 1.165) is 17.9 Å². The third-order valence-corrected chi connectivity index (χ3v) is 4.96. The molecule has 2 aromatic rings. The summed E-state index contributed by atoms with van der Waals surface area (Å²) in [5, 5.41) is 1.34. The maximum absolute atomic E-state index is 6.37. The molecule has 1 nitrogen and oxygen atoms in total. The Hall–Kier alpha value is -1.02. The molecule has 1 atom stereocenters. The molecule has 0 saturated heterocycles. The second-order valence-electron chi connectivity index (χ2n) is 5.84. The molecule has 2 N–H and O–H groups in total. The highest BCUT2D eigenvalue weighted by atomic mass is 35.5. The Balaban J connectivity index is 1.76. The van der Waals surface area contributed by atoms with Crippen LogP contribution < -0.4 is 5.73 Å². The maximum Gasteiger partial charge on any atom is 0.0453 e. The SMILES string of the molecule is NC(Cc1ccc(Cl)cc1Cl)c1cccc(C2CCC2)c1. The zero-order valence-electron chi connectivity index (χ0n) is 11.9. The van der Waals surface area contributed by atoms with Crippen molar-refractivity contribution >= 4 is 23.2 Å². The fourth-order valence-corrected chi connectivity index (χ4v) is 3.31. The van der Waals surface area contributed by atoms with Gasteiger partial charge in [-0.15, -0.1) is 0 Å². The molecule has 1 saturated carbocycles. The van der Waals surface area contributed by atoms with E-state index < -0.39 is 0 Å². The van der Waals surface area contributed by atoms with Gasteiger partial charge >= 0.3 is 0 Å². The van der Waals surface area contributed by atoms with Crippen molar-refractivity contribution in [1.29, 1.82) is 0 Å². The first-order chi connectivity index (χ1) is 10.1. The minimum atomic E-state index is -0.0382. The van der Waals surface area contributed by atoms with Gasteiger partial charge < -0.3 is 5.73 Å². The highest BCUT2D eigenvalue weighted by Gasteiger charge is 2.20. The summed E-state index contributed by atoms with van der Waals surface area (Å²) in [7, 11) is 0. The molecule has 110 valence electrons. The summed E-state index contributed by atoms with van der Waals surface area (Å²) in [6, 6.07) is 14.3. The van der Waals surface area contributed by atoms with E-state index in [4.69, 9.17) is 28.9 Å². The van der Waals surface area contributed by atoms with Crippen LogP contribution in [-0.4, -0.2) is 0 Å². The molecule has 21 heavy (non-hydrogen) atoms.